The minimum Gasteiger partial charge on any atom is -0.454 e. The molecule has 1 aliphatic heterocycles. The van der Waals surface area contributed by atoms with Gasteiger partial charge in [0, 0.05) is 24.4 Å². The van der Waals surface area contributed by atoms with Gasteiger partial charge in [0.05, 0.1) is 11.4 Å². The molecule has 3 aromatic rings. The van der Waals surface area contributed by atoms with Crippen molar-refractivity contribution in [1.29, 1.82) is 0 Å². The van der Waals surface area contributed by atoms with Crippen LogP contribution < -0.4 is 9.47 Å². The van der Waals surface area contributed by atoms with Crippen LogP contribution in [0.2, 0.25) is 0 Å². The highest BCUT2D eigenvalue weighted by molar-refractivity contribution is 9.10. The quantitative estimate of drug-likeness (QED) is 0.657. The first-order valence-corrected chi connectivity index (χ1v) is 7.56. The van der Waals surface area contributed by atoms with Crippen molar-refractivity contribution >= 4 is 15.9 Å². The summed E-state index contributed by atoms with van der Waals surface area (Å²) in [4.78, 5) is 4.16. The second kappa shape index (κ2) is 5.14. The Morgan fingerprint density at radius 1 is 1.05 bits per heavy atom. The van der Waals surface area contributed by atoms with Crippen molar-refractivity contribution in [2.75, 3.05) is 6.79 Å². The minimum atomic E-state index is 0.275. The summed E-state index contributed by atoms with van der Waals surface area (Å²) in [7, 11) is 1.93. The Balaban J connectivity index is 1.77. The first-order valence-electron chi connectivity index (χ1n) is 6.77. The minimum absolute atomic E-state index is 0.275. The number of halogens is 1. The molecule has 3 heterocycles. The fourth-order valence-corrected chi connectivity index (χ4v) is 2.86. The molecule has 0 saturated carbocycles. The number of aromatic nitrogens is 3. The van der Waals surface area contributed by atoms with Gasteiger partial charge in [-0.25, -0.2) is 4.98 Å². The average molecular weight is 357 g/mol. The normalized spacial score (nSPS) is 12.6. The van der Waals surface area contributed by atoms with E-state index in [2.05, 4.69) is 32.1 Å². The molecular weight excluding hydrogens is 345 g/mol. The van der Waals surface area contributed by atoms with E-state index in [0.29, 0.717) is 0 Å². The van der Waals surface area contributed by atoms with Crippen LogP contribution in [0.25, 0.3) is 22.5 Å². The van der Waals surface area contributed by atoms with Crippen molar-refractivity contribution in [2.45, 2.75) is 0 Å². The topological polar surface area (TPSA) is 49.2 Å². The first kappa shape index (κ1) is 13.3. The molecule has 6 heteroatoms. The van der Waals surface area contributed by atoms with Crippen molar-refractivity contribution in [1.82, 2.24) is 14.8 Å². The molecular formula is C16H12BrN3O2. The van der Waals surface area contributed by atoms with E-state index in [1.165, 1.54) is 0 Å². The molecule has 0 unspecified atom stereocenters. The number of hydrogen-bond acceptors (Lipinski definition) is 4. The molecule has 22 heavy (non-hydrogen) atoms. The number of benzene rings is 1. The van der Waals surface area contributed by atoms with E-state index < -0.39 is 0 Å². The maximum absolute atomic E-state index is 5.43. The van der Waals surface area contributed by atoms with Crippen LogP contribution in [0, 0.1) is 0 Å². The van der Waals surface area contributed by atoms with Crippen molar-refractivity contribution in [2.24, 2.45) is 7.05 Å². The van der Waals surface area contributed by atoms with Crippen molar-refractivity contribution in [3.8, 4) is 34.0 Å². The van der Waals surface area contributed by atoms with Crippen LogP contribution in [0.3, 0.4) is 0 Å². The Hall–Kier alpha value is -2.34. The Kier molecular flexibility index (Phi) is 3.11. The summed E-state index contributed by atoms with van der Waals surface area (Å²) in [6.45, 7) is 0.275. The molecule has 2 aromatic heterocycles. The summed E-state index contributed by atoms with van der Waals surface area (Å²) < 4.78 is 13.4. The number of pyridine rings is 1. The Labute approximate surface area is 135 Å². The van der Waals surface area contributed by atoms with Crippen molar-refractivity contribution in [3.63, 3.8) is 0 Å². The van der Waals surface area contributed by atoms with E-state index in [4.69, 9.17) is 9.47 Å². The number of nitrogens with zero attached hydrogens (tertiary/aromatic N) is 3. The van der Waals surface area contributed by atoms with Gasteiger partial charge in [-0.2, -0.15) is 5.10 Å². The van der Waals surface area contributed by atoms with E-state index >= 15 is 0 Å². The summed E-state index contributed by atoms with van der Waals surface area (Å²) >= 11 is 3.40. The number of fused-ring (bicyclic) bond motifs is 1. The maximum atomic E-state index is 5.43. The summed E-state index contributed by atoms with van der Waals surface area (Å²) in [5.74, 6) is 1.54. The van der Waals surface area contributed by atoms with Gasteiger partial charge < -0.3 is 9.47 Å². The predicted molar refractivity (Wildman–Crippen MR) is 85.7 cm³/mol. The van der Waals surface area contributed by atoms with Gasteiger partial charge in [-0.3, -0.25) is 4.68 Å². The summed E-state index contributed by atoms with van der Waals surface area (Å²) in [6, 6.07) is 11.8. The van der Waals surface area contributed by atoms with Gasteiger partial charge >= 0.3 is 0 Å². The molecule has 0 bridgehead atoms. The maximum Gasteiger partial charge on any atom is 0.231 e. The van der Waals surface area contributed by atoms with E-state index in [1.807, 2.05) is 42.1 Å². The van der Waals surface area contributed by atoms with Crippen LogP contribution in [-0.2, 0) is 7.05 Å². The molecule has 0 spiro atoms. The zero-order valence-corrected chi connectivity index (χ0v) is 13.4. The van der Waals surface area contributed by atoms with E-state index in [9.17, 15) is 0 Å². The van der Waals surface area contributed by atoms with Gasteiger partial charge in [0.2, 0.25) is 6.79 Å². The molecule has 5 nitrogen and oxygen atoms in total. The van der Waals surface area contributed by atoms with Crippen molar-refractivity contribution < 1.29 is 9.47 Å². The average Bonchev–Trinajstić information content (AvgIpc) is 3.12. The Morgan fingerprint density at radius 3 is 2.77 bits per heavy atom. The summed E-state index contributed by atoms with van der Waals surface area (Å²) in [6.07, 6.45) is 1.77. The molecule has 0 atom stereocenters. The van der Waals surface area contributed by atoms with Crippen LogP contribution in [0.5, 0.6) is 11.5 Å². The third kappa shape index (κ3) is 2.25. The van der Waals surface area contributed by atoms with Crippen LogP contribution in [0.4, 0.5) is 0 Å². The van der Waals surface area contributed by atoms with Crippen LogP contribution in [0.15, 0.2) is 47.2 Å². The predicted octanol–water partition coefficient (Wildman–Crippen LogP) is 3.64. The summed E-state index contributed by atoms with van der Waals surface area (Å²) in [5.41, 5.74) is 3.97. The van der Waals surface area contributed by atoms with Gasteiger partial charge in [-0.05, 0) is 52.3 Å². The fraction of sp³-hybridized carbons (Fsp3) is 0.125. The molecule has 0 fully saturated rings. The third-order valence-electron chi connectivity index (χ3n) is 3.57. The molecule has 1 aliphatic rings. The lowest BCUT2D eigenvalue weighted by molar-refractivity contribution is 0.174. The van der Waals surface area contributed by atoms with E-state index in [-0.39, 0.29) is 6.79 Å². The largest absolute Gasteiger partial charge is 0.454 e. The standard InChI is InChI=1S/C16H12BrN3O2/c1-20-13(11-4-5-18-16(17)7-11)8-12(19-20)10-2-3-14-15(6-10)22-9-21-14/h2-8H,9H2,1H3/i1-1. The second-order valence-corrected chi connectivity index (χ2v) is 5.79. The Bertz CT molecular complexity index is 860. The van der Waals surface area contributed by atoms with E-state index in [0.717, 1.165) is 38.6 Å². The van der Waals surface area contributed by atoms with Crippen LogP contribution in [0.1, 0.15) is 0 Å². The molecule has 0 aliphatic carbocycles. The number of aryl methyl sites for hydroxylation is 1. The van der Waals surface area contributed by atoms with Gasteiger partial charge in [-0.1, -0.05) is 0 Å². The zero-order valence-electron chi connectivity index (χ0n) is 11.8. The molecule has 4 rings (SSSR count). The highest BCUT2D eigenvalue weighted by Crippen LogP contribution is 2.36. The zero-order chi connectivity index (χ0) is 15.1. The molecule has 0 radical (unpaired) electrons. The molecule has 0 N–H and O–H groups in total. The smallest absolute Gasteiger partial charge is 0.231 e. The van der Waals surface area contributed by atoms with Gasteiger partial charge in [-0.15, -0.1) is 0 Å². The lowest BCUT2D eigenvalue weighted by atomic mass is 10.1. The SMILES string of the molecule is [11CH3]n1nc(-c2ccc3c(c2)OCO3)cc1-c1ccnc(Br)c1. The number of rotatable bonds is 2. The lowest BCUT2D eigenvalue weighted by Gasteiger charge is -2.01. The monoisotopic (exact) mass is 356 g/mol. The molecule has 110 valence electrons. The number of ether oxygens (including phenoxy) is 2. The first-order chi connectivity index (χ1) is 10.7. The third-order valence-corrected chi connectivity index (χ3v) is 4.00. The molecule has 0 saturated heterocycles. The highest BCUT2D eigenvalue weighted by atomic mass is 79.9. The highest BCUT2D eigenvalue weighted by Gasteiger charge is 2.16. The van der Waals surface area contributed by atoms with Gasteiger partial charge in [0.15, 0.2) is 11.5 Å². The van der Waals surface area contributed by atoms with Crippen LogP contribution in [-0.4, -0.2) is 21.6 Å². The van der Waals surface area contributed by atoms with Gasteiger partial charge in [0.25, 0.3) is 0 Å². The fourth-order valence-electron chi connectivity index (χ4n) is 2.50. The second-order valence-electron chi connectivity index (χ2n) is 4.97. The van der Waals surface area contributed by atoms with Gasteiger partial charge in [0.1, 0.15) is 4.60 Å². The Morgan fingerprint density at radius 2 is 1.91 bits per heavy atom. The lowest BCUT2D eigenvalue weighted by Crippen LogP contribution is -1.94. The molecule has 1 aromatic carbocycles. The molecule has 0 amide bonds. The number of hydrogen-bond donors (Lipinski definition) is 0. The van der Waals surface area contributed by atoms with Crippen LogP contribution >= 0.6 is 15.9 Å². The van der Waals surface area contributed by atoms with Crippen molar-refractivity contribution in [3.05, 3.63) is 47.2 Å². The van der Waals surface area contributed by atoms with E-state index in [1.54, 1.807) is 6.20 Å². The summed E-state index contributed by atoms with van der Waals surface area (Å²) in [5, 5.41) is 4.60.